The van der Waals surface area contributed by atoms with Crippen molar-refractivity contribution in [2.75, 3.05) is 26.2 Å². The van der Waals surface area contributed by atoms with Gasteiger partial charge in [0.25, 0.3) is 0 Å². The first kappa shape index (κ1) is 19.7. The molecule has 1 aliphatic heterocycles. The van der Waals surface area contributed by atoms with Gasteiger partial charge in [-0.15, -0.1) is 0 Å². The number of piperazine rings is 1. The normalized spacial score (nSPS) is 15.7. The first-order valence-electron chi connectivity index (χ1n) is 8.27. The number of amides is 1. The second kappa shape index (κ2) is 7.73. The highest BCUT2D eigenvalue weighted by atomic mass is 16.6. The van der Waals surface area contributed by atoms with Gasteiger partial charge in [-0.05, 0) is 20.8 Å². The average Bonchev–Trinajstić information content (AvgIpc) is 2.53. The van der Waals surface area contributed by atoms with E-state index in [9.17, 15) is 19.5 Å². The van der Waals surface area contributed by atoms with Gasteiger partial charge >= 0.3 is 17.6 Å². The number of hydrogen-bond donors (Lipinski definition) is 2. The molecule has 0 atom stereocenters. The fourth-order valence-corrected chi connectivity index (χ4v) is 2.52. The van der Waals surface area contributed by atoms with Crippen LogP contribution in [0.1, 0.15) is 26.3 Å². The third kappa shape index (κ3) is 5.19. The first-order chi connectivity index (χ1) is 12.1. The van der Waals surface area contributed by atoms with Gasteiger partial charge in [0, 0.05) is 38.3 Å². The van der Waals surface area contributed by atoms with Gasteiger partial charge in [-0.2, -0.15) is 5.10 Å². The lowest BCUT2D eigenvalue weighted by Gasteiger charge is -2.35. The Kier molecular flexibility index (Phi) is 5.86. The van der Waals surface area contributed by atoms with Crippen molar-refractivity contribution >= 4 is 12.1 Å². The summed E-state index contributed by atoms with van der Waals surface area (Å²) < 4.78 is 6.03. The van der Waals surface area contributed by atoms with Crippen LogP contribution in [-0.2, 0) is 22.6 Å². The Bertz CT molecular complexity index is 731. The van der Waals surface area contributed by atoms with Crippen LogP contribution in [0.4, 0.5) is 4.79 Å². The van der Waals surface area contributed by atoms with Crippen LogP contribution in [0.3, 0.4) is 0 Å². The molecule has 0 radical (unpaired) electrons. The Morgan fingerprint density at radius 1 is 1.23 bits per heavy atom. The topological polar surface area (TPSA) is 125 Å². The summed E-state index contributed by atoms with van der Waals surface area (Å²) in [6.45, 7) is 7.15. The Hall–Kier alpha value is -2.62. The van der Waals surface area contributed by atoms with Crippen molar-refractivity contribution in [2.24, 2.45) is 0 Å². The van der Waals surface area contributed by atoms with Crippen LogP contribution >= 0.6 is 0 Å². The highest BCUT2D eigenvalue weighted by molar-refractivity contribution is 5.68. The zero-order valence-corrected chi connectivity index (χ0v) is 15.1. The molecule has 2 N–H and O–H groups in total. The number of rotatable bonds is 4. The Labute approximate surface area is 150 Å². The summed E-state index contributed by atoms with van der Waals surface area (Å²) in [5.41, 5.74) is -1.06. The molecule has 2 rings (SSSR count). The smallest absolute Gasteiger partial charge is 0.410 e. The van der Waals surface area contributed by atoms with Gasteiger partial charge in [0.1, 0.15) is 12.1 Å². The van der Waals surface area contributed by atoms with Crippen molar-refractivity contribution in [3.63, 3.8) is 0 Å². The van der Waals surface area contributed by atoms with Crippen molar-refractivity contribution in [1.29, 1.82) is 0 Å². The van der Waals surface area contributed by atoms with Crippen LogP contribution in [0, 0.1) is 0 Å². The first-order valence-corrected chi connectivity index (χ1v) is 8.27. The van der Waals surface area contributed by atoms with E-state index in [1.807, 2.05) is 25.7 Å². The molecular weight excluding hydrogens is 344 g/mol. The summed E-state index contributed by atoms with van der Waals surface area (Å²) in [5.74, 6) is -1.72. The predicted octanol–water partition coefficient (Wildman–Crippen LogP) is 0.0862. The van der Waals surface area contributed by atoms with Gasteiger partial charge in [-0.1, -0.05) is 0 Å². The van der Waals surface area contributed by atoms with Crippen molar-refractivity contribution in [3.8, 4) is 5.75 Å². The second-order valence-corrected chi connectivity index (χ2v) is 7.12. The zero-order chi connectivity index (χ0) is 19.5. The number of carbonyl (C=O) groups excluding carboxylic acids is 1. The van der Waals surface area contributed by atoms with Crippen molar-refractivity contribution in [1.82, 2.24) is 19.6 Å². The molecule has 1 amide bonds. The second-order valence-electron chi connectivity index (χ2n) is 7.12. The fraction of sp³-hybridized carbons (Fsp3) is 0.625. The molecule has 0 spiro atoms. The minimum Gasteiger partial charge on any atom is -0.503 e. The van der Waals surface area contributed by atoms with Crippen LogP contribution in [-0.4, -0.2) is 73.6 Å². The molecule has 144 valence electrons. The van der Waals surface area contributed by atoms with E-state index in [0.29, 0.717) is 36.4 Å². The fourth-order valence-electron chi connectivity index (χ4n) is 2.52. The molecule has 1 aromatic heterocycles. The molecule has 0 aromatic carbocycles. The minimum absolute atomic E-state index is 0.282. The van der Waals surface area contributed by atoms with Crippen LogP contribution in [0.15, 0.2) is 11.0 Å². The lowest BCUT2D eigenvalue weighted by molar-refractivity contribution is -0.138. The predicted molar refractivity (Wildman–Crippen MR) is 90.9 cm³/mol. The van der Waals surface area contributed by atoms with Gasteiger partial charge < -0.3 is 19.8 Å². The Morgan fingerprint density at radius 2 is 1.85 bits per heavy atom. The van der Waals surface area contributed by atoms with Crippen LogP contribution in [0.25, 0.3) is 0 Å². The molecule has 0 saturated carbocycles. The molecule has 0 bridgehead atoms. The molecule has 1 aromatic rings. The number of aromatic hydroxyl groups is 1. The van der Waals surface area contributed by atoms with E-state index in [4.69, 9.17) is 9.84 Å². The summed E-state index contributed by atoms with van der Waals surface area (Å²) in [6, 6.07) is 0. The molecule has 1 aliphatic rings. The summed E-state index contributed by atoms with van der Waals surface area (Å²) in [7, 11) is 0. The third-order valence-corrected chi connectivity index (χ3v) is 3.80. The molecule has 0 unspecified atom stereocenters. The molecular formula is C16H24N4O6. The quantitative estimate of drug-likeness (QED) is 0.766. The number of carboxylic acid groups (broad SMARTS) is 1. The summed E-state index contributed by atoms with van der Waals surface area (Å²) in [4.78, 5) is 38.2. The van der Waals surface area contributed by atoms with E-state index >= 15 is 0 Å². The largest absolute Gasteiger partial charge is 0.503 e. The van der Waals surface area contributed by atoms with E-state index in [2.05, 4.69) is 5.10 Å². The van der Waals surface area contributed by atoms with Gasteiger partial charge in [0.2, 0.25) is 0 Å². The van der Waals surface area contributed by atoms with Crippen molar-refractivity contribution in [2.45, 2.75) is 39.5 Å². The monoisotopic (exact) mass is 368 g/mol. The zero-order valence-electron chi connectivity index (χ0n) is 15.1. The highest BCUT2D eigenvalue weighted by Gasteiger charge is 2.26. The maximum absolute atomic E-state index is 12.0. The number of carbonyl (C=O) groups is 2. The van der Waals surface area contributed by atoms with Crippen LogP contribution < -0.4 is 5.56 Å². The van der Waals surface area contributed by atoms with E-state index in [1.165, 1.54) is 6.20 Å². The summed E-state index contributed by atoms with van der Waals surface area (Å²) in [6.07, 6.45) is 0.929. The van der Waals surface area contributed by atoms with Crippen molar-refractivity contribution < 1.29 is 24.5 Å². The maximum Gasteiger partial charge on any atom is 0.410 e. The molecule has 10 heteroatoms. The maximum atomic E-state index is 12.0. The Balaban J connectivity index is 1.95. The number of hydrogen-bond acceptors (Lipinski definition) is 7. The lowest BCUT2D eigenvalue weighted by atomic mass is 10.2. The highest BCUT2D eigenvalue weighted by Crippen LogP contribution is 2.16. The van der Waals surface area contributed by atoms with Gasteiger partial charge in [0.15, 0.2) is 5.75 Å². The molecule has 26 heavy (non-hydrogen) atoms. The van der Waals surface area contributed by atoms with Crippen LogP contribution in [0.5, 0.6) is 5.75 Å². The van der Waals surface area contributed by atoms with Gasteiger partial charge in [-0.3, -0.25) is 14.5 Å². The van der Waals surface area contributed by atoms with Gasteiger partial charge in [-0.25, -0.2) is 9.48 Å². The summed E-state index contributed by atoms with van der Waals surface area (Å²) >= 11 is 0. The van der Waals surface area contributed by atoms with Crippen molar-refractivity contribution in [3.05, 3.63) is 22.1 Å². The van der Waals surface area contributed by atoms with E-state index in [0.717, 1.165) is 0 Å². The molecule has 2 heterocycles. The average molecular weight is 368 g/mol. The number of carboxylic acids is 1. The minimum atomic E-state index is -1.22. The SMILES string of the molecule is CC(C)(C)OC(=O)N1CCN(Cc2cnn(CC(=O)O)c(=O)c2O)CC1. The third-order valence-electron chi connectivity index (χ3n) is 3.80. The standard InChI is InChI=1S/C16H24N4O6/c1-16(2,3)26-15(25)19-6-4-18(5-7-19)9-11-8-17-20(10-12(21)22)14(24)13(11)23/h8,23H,4-7,9-10H2,1-3H3,(H,21,22). The molecule has 1 fully saturated rings. The molecule has 10 nitrogen and oxygen atoms in total. The summed E-state index contributed by atoms with van der Waals surface area (Å²) in [5, 5.41) is 22.5. The Morgan fingerprint density at radius 3 is 2.38 bits per heavy atom. The number of ether oxygens (including phenoxy) is 1. The van der Waals surface area contributed by atoms with E-state index in [-0.39, 0.29) is 12.6 Å². The number of nitrogens with zero attached hydrogens (tertiary/aromatic N) is 4. The molecule has 0 aliphatic carbocycles. The van der Waals surface area contributed by atoms with E-state index < -0.39 is 29.4 Å². The van der Waals surface area contributed by atoms with Gasteiger partial charge in [0.05, 0.1) is 6.20 Å². The number of aliphatic carboxylic acids is 1. The lowest BCUT2D eigenvalue weighted by Crippen LogP contribution is -2.49. The molecule has 1 saturated heterocycles. The van der Waals surface area contributed by atoms with Crippen LogP contribution in [0.2, 0.25) is 0 Å². The number of aromatic nitrogens is 2. The van der Waals surface area contributed by atoms with E-state index in [1.54, 1.807) is 4.90 Å².